The summed E-state index contributed by atoms with van der Waals surface area (Å²) in [6, 6.07) is 16.5. The molecule has 0 aromatic heterocycles. The van der Waals surface area contributed by atoms with Crippen LogP contribution >= 0.6 is 0 Å². The molecule has 1 heterocycles. The summed E-state index contributed by atoms with van der Waals surface area (Å²) in [7, 11) is -2.31. The van der Waals surface area contributed by atoms with E-state index in [0.29, 0.717) is 25.3 Å². The summed E-state index contributed by atoms with van der Waals surface area (Å²) in [5.41, 5.74) is 2.00. The molecule has 0 N–H and O–H groups in total. The second kappa shape index (κ2) is 10.9. The Hall–Kier alpha value is -2.71. The lowest BCUT2D eigenvalue weighted by Gasteiger charge is -2.33. The Labute approximate surface area is 196 Å². The number of rotatable bonds is 8. The molecule has 2 aromatic rings. The van der Waals surface area contributed by atoms with Crippen LogP contribution in [-0.2, 0) is 30.9 Å². The van der Waals surface area contributed by atoms with Crippen LogP contribution < -0.4 is 0 Å². The number of amides is 1. The van der Waals surface area contributed by atoms with Gasteiger partial charge < -0.3 is 9.64 Å². The van der Waals surface area contributed by atoms with Crippen LogP contribution in [0.1, 0.15) is 43.7 Å². The quantitative estimate of drug-likeness (QED) is 0.550. The molecule has 1 fully saturated rings. The standard InChI is InChI=1S/C25H32N2O5S/c1-19(2)21-9-11-23(12-10-21)33(30,31)27-15-13-22(14-16-27)25(29)26(18-24(28)32-3)17-20-7-5-4-6-8-20/h4-12,19,22H,13-18H2,1-3H3. The zero-order valence-electron chi connectivity index (χ0n) is 19.4. The van der Waals surface area contributed by atoms with Gasteiger partial charge in [0.2, 0.25) is 15.9 Å². The van der Waals surface area contributed by atoms with Crippen molar-refractivity contribution in [3.05, 3.63) is 65.7 Å². The van der Waals surface area contributed by atoms with Gasteiger partial charge in [-0.1, -0.05) is 56.3 Å². The lowest BCUT2D eigenvalue weighted by Crippen LogP contribution is -2.45. The van der Waals surface area contributed by atoms with Gasteiger partial charge in [-0.2, -0.15) is 4.31 Å². The number of nitrogens with zero attached hydrogens (tertiary/aromatic N) is 2. The zero-order valence-corrected chi connectivity index (χ0v) is 20.3. The van der Waals surface area contributed by atoms with Crippen molar-refractivity contribution < 1.29 is 22.7 Å². The first kappa shape index (κ1) is 24.9. The van der Waals surface area contributed by atoms with Crippen molar-refractivity contribution in [2.24, 2.45) is 5.92 Å². The van der Waals surface area contributed by atoms with Gasteiger partial charge in [0.1, 0.15) is 6.54 Å². The Morgan fingerprint density at radius 3 is 2.18 bits per heavy atom. The van der Waals surface area contributed by atoms with Gasteiger partial charge in [0.15, 0.2) is 0 Å². The second-order valence-electron chi connectivity index (χ2n) is 8.66. The number of hydrogen-bond donors (Lipinski definition) is 0. The molecule has 0 radical (unpaired) electrons. The second-order valence-corrected chi connectivity index (χ2v) is 10.6. The van der Waals surface area contributed by atoms with E-state index in [9.17, 15) is 18.0 Å². The topological polar surface area (TPSA) is 84.0 Å². The monoisotopic (exact) mass is 472 g/mol. The minimum absolute atomic E-state index is 0.134. The molecule has 1 amide bonds. The molecule has 8 heteroatoms. The molecule has 1 aliphatic heterocycles. The molecule has 1 aliphatic rings. The first-order valence-corrected chi connectivity index (χ1v) is 12.7. The number of carbonyl (C=O) groups excluding carboxylic acids is 2. The van der Waals surface area contributed by atoms with Crippen molar-refractivity contribution in [2.75, 3.05) is 26.7 Å². The summed E-state index contributed by atoms with van der Waals surface area (Å²) in [4.78, 5) is 26.9. The van der Waals surface area contributed by atoms with Gasteiger partial charge in [0.25, 0.3) is 0 Å². The number of benzene rings is 2. The molecular formula is C25H32N2O5S. The Morgan fingerprint density at radius 1 is 1.03 bits per heavy atom. The summed E-state index contributed by atoms with van der Waals surface area (Å²) in [5.74, 6) is -0.646. The maximum Gasteiger partial charge on any atom is 0.325 e. The predicted octanol–water partition coefficient (Wildman–Crippen LogP) is 3.41. The first-order valence-electron chi connectivity index (χ1n) is 11.2. The smallest absolute Gasteiger partial charge is 0.325 e. The molecule has 0 spiro atoms. The summed E-state index contributed by atoms with van der Waals surface area (Å²) >= 11 is 0. The third-order valence-corrected chi connectivity index (χ3v) is 7.98. The highest BCUT2D eigenvalue weighted by Crippen LogP contribution is 2.26. The van der Waals surface area contributed by atoms with Crippen LogP contribution in [0.5, 0.6) is 0 Å². The number of esters is 1. The number of ether oxygens (including phenoxy) is 1. The fraction of sp³-hybridized carbons (Fsp3) is 0.440. The lowest BCUT2D eigenvalue weighted by atomic mass is 9.96. The van der Waals surface area contributed by atoms with Gasteiger partial charge in [0.05, 0.1) is 12.0 Å². The van der Waals surface area contributed by atoms with E-state index in [2.05, 4.69) is 13.8 Å². The molecule has 1 saturated heterocycles. The van der Waals surface area contributed by atoms with Gasteiger partial charge >= 0.3 is 5.97 Å². The average molecular weight is 473 g/mol. The third kappa shape index (κ3) is 6.21. The Kier molecular flexibility index (Phi) is 8.26. The summed E-state index contributed by atoms with van der Waals surface area (Å²) in [5, 5.41) is 0. The third-order valence-electron chi connectivity index (χ3n) is 6.06. The van der Waals surface area contributed by atoms with Crippen LogP contribution in [0, 0.1) is 5.92 Å². The van der Waals surface area contributed by atoms with Crippen molar-refractivity contribution in [3.8, 4) is 0 Å². The van der Waals surface area contributed by atoms with Crippen molar-refractivity contribution in [3.63, 3.8) is 0 Å². The van der Waals surface area contributed by atoms with E-state index in [4.69, 9.17) is 4.74 Å². The van der Waals surface area contributed by atoms with Gasteiger partial charge in [-0.25, -0.2) is 8.42 Å². The fourth-order valence-corrected chi connectivity index (χ4v) is 5.48. The predicted molar refractivity (Wildman–Crippen MR) is 126 cm³/mol. The molecule has 7 nitrogen and oxygen atoms in total. The van der Waals surface area contributed by atoms with E-state index in [0.717, 1.165) is 11.1 Å². The molecule has 0 aliphatic carbocycles. The van der Waals surface area contributed by atoms with E-state index in [-0.39, 0.29) is 36.4 Å². The Bertz CT molecular complexity index is 1040. The van der Waals surface area contributed by atoms with Crippen molar-refractivity contribution in [1.29, 1.82) is 0 Å². The average Bonchev–Trinajstić information content (AvgIpc) is 2.83. The summed E-state index contributed by atoms with van der Waals surface area (Å²) in [6.07, 6.45) is 0.823. The van der Waals surface area contributed by atoms with Gasteiger partial charge in [0, 0.05) is 25.6 Å². The van der Waals surface area contributed by atoms with Crippen LogP contribution in [0.4, 0.5) is 0 Å². The molecular weight excluding hydrogens is 440 g/mol. The highest BCUT2D eigenvalue weighted by molar-refractivity contribution is 7.89. The van der Waals surface area contributed by atoms with Crippen LogP contribution in [0.2, 0.25) is 0 Å². The SMILES string of the molecule is COC(=O)CN(Cc1ccccc1)C(=O)C1CCN(S(=O)(=O)c2ccc(C(C)C)cc2)CC1. The minimum atomic E-state index is -3.61. The number of methoxy groups -OCH3 is 1. The molecule has 0 saturated carbocycles. The summed E-state index contributed by atoms with van der Waals surface area (Å²) < 4.78 is 32.4. The van der Waals surface area contributed by atoms with Gasteiger partial charge in [-0.3, -0.25) is 9.59 Å². The number of sulfonamides is 1. The lowest BCUT2D eigenvalue weighted by molar-refractivity contribution is -0.149. The highest BCUT2D eigenvalue weighted by atomic mass is 32.2. The van der Waals surface area contributed by atoms with E-state index in [1.807, 2.05) is 42.5 Å². The molecule has 2 aromatic carbocycles. The van der Waals surface area contributed by atoms with Crippen LogP contribution in [0.15, 0.2) is 59.5 Å². The maximum atomic E-state index is 13.2. The van der Waals surface area contributed by atoms with E-state index >= 15 is 0 Å². The molecule has 178 valence electrons. The van der Waals surface area contributed by atoms with Crippen LogP contribution in [0.25, 0.3) is 0 Å². The van der Waals surface area contributed by atoms with E-state index < -0.39 is 16.0 Å². The molecule has 0 atom stereocenters. The van der Waals surface area contributed by atoms with Gasteiger partial charge in [-0.05, 0) is 42.0 Å². The van der Waals surface area contributed by atoms with Crippen LogP contribution in [-0.4, -0.2) is 56.2 Å². The van der Waals surface area contributed by atoms with Crippen molar-refractivity contribution >= 4 is 21.9 Å². The summed E-state index contributed by atoms with van der Waals surface area (Å²) in [6.45, 7) is 4.82. The first-order chi connectivity index (χ1) is 15.7. The molecule has 3 rings (SSSR count). The largest absolute Gasteiger partial charge is 0.468 e. The van der Waals surface area contributed by atoms with Crippen molar-refractivity contribution in [1.82, 2.24) is 9.21 Å². The van der Waals surface area contributed by atoms with Crippen molar-refractivity contribution in [2.45, 2.75) is 44.0 Å². The maximum absolute atomic E-state index is 13.2. The van der Waals surface area contributed by atoms with E-state index in [1.54, 1.807) is 12.1 Å². The van der Waals surface area contributed by atoms with E-state index in [1.165, 1.54) is 16.3 Å². The Balaban J connectivity index is 1.67. The minimum Gasteiger partial charge on any atom is -0.468 e. The number of piperidine rings is 1. The highest BCUT2D eigenvalue weighted by Gasteiger charge is 2.34. The molecule has 0 bridgehead atoms. The van der Waals surface area contributed by atoms with Gasteiger partial charge in [-0.15, -0.1) is 0 Å². The fourth-order valence-electron chi connectivity index (χ4n) is 4.01. The zero-order chi connectivity index (χ0) is 24.0. The number of carbonyl (C=O) groups is 2. The molecule has 33 heavy (non-hydrogen) atoms. The normalized spacial score (nSPS) is 15.4. The molecule has 0 unspecified atom stereocenters. The van der Waals surface area contributed by atoms with Crippen LogP contribution in [0.3, 0.4) is 0 Å². The number of hydrogen-bond acceptors (Lipinski definition) is 5. The Morgan fingerprint density at radius 2 is 1.64 bits per heavy atom.